The van der Waals surface area contributed by atoms with Crippen molar-refractivity contribution >= 4 is 5.91 Å². The fourth-order valence-corrected chi connectivity index (χ4v) is 3.31. The van der Waals surface area contributed by atoms with Crippen molar-refractivity contribution in [2.24, 2.45) is 5.92 Å². The van der Waals surface area contributed by atoms with E-state index in [2.05, 4.69) is 18.9 Å². The van der Waals surface area contributed by atoms with Gasteiger partial charge in [0.05, 0.1) is 18.7 Å². The third kappa shape index (κ3) is 3.53. The van der Waals surface area contributed by atoms with Gasteiger partial charge < -0.3 is 14.4 Å². The molecular weight excluding hydrogens is 306 g/mol. The minimum Gasteiger partial charge on any atom is -0.472 e. The molecular formula is C18H25N3O3. The molecule has 6 nitrogen and oxygen atoms in total. The predicted octanol–water partition coefficient (Wildman–Crippen LogP) is 2.22. The molecule has 0 saturated carbocycles. The molecule has 3 heterocycles. The lowest BCUT2D eigenvalue weighted by Crippen LogP contribution is -2.29. The number of carbonyl (C=O) groups is 1. The highest BCUT2D eigenvalue weighted by Gasteiger charge is 2.36. The number of nitrogens with zero attached hydrogens (tertiary/aromatic N) is 3. The van der Waals surface area contributed by atoms with Crippen LogP contribution in [0.2, 0.25) is 0 Å². The van der Waals surface area contributed by atoms with Gasteiger partial charge in [0.15, 0.2) is 0 Å². The smallest absolute Gasteiger partial charge is 0.222 e. The topological polar surface area (TPSA) is 71.5 Å². The van der Waals surface area contributed by atoms with Gasteiger partial charge >= 0.3 is 0 Å². The number of furan rings is 1. The van der Waals surface area contributed by atoms with Gasteiger partial charge in [-0.3, -0.25) is 9.48 Å². The minimum absolute atomic E-state index is 0.0766. The molecule has 1 aliphatic rings. The number of aryl methyl sites for hydroxylation is 1. The zero-order chi connectivity index (χ0) is 17.1. The van der Waals surface area contributed by atoms with Crippen LogP contribution in [0.25, 0.3) is 0 Å². The molecule has 0 aromatic carbocycles. The summed E-state index contributed by atoms with van der Waals surface area (Å²) >= 11 is 0. The van der Waals surface area contributed by atoms with Crippen molar-refractivity contribution in [1.82, 2.24) is 14.7 Å². The van der Waals surface area contributed by atoms with E-state index in [1.54, 1.807) is 12.5 Å². The lowest BCUT2D eigenvalue weighted by atomic mass is 9.92. The van der Waals surface area contributed by atoms with Crippen molar-refractivity contribution in [3.05, 3.63) is 42.1 Å². The summed E-state index contributed by atoms with van der Waals surface area (Å²) in [5.41, 5.74) is 2.14. The minimum atomic E-state index is 0.0766. The quantitative estimate of drug-likeness (QED) is 0.881. The molecule has 1 N–H and O–H groups in total. The Morgan fingerprint density at radius 1 is 1.46 bits per heavy atom. The van der Waals surface area contributed by atoms with Gasteiger partial charge in [-0.25, -0.2) is 0 Å². The average Bonchev–Trinajstić information content (AvgIpc) is 3.31. The summed E-state index contributed by atoms with van der Waals surface area (Å²) in [6, 6.07) is 2.19. The molecule has 6 heteroatoms. The maximum absolute atomic E-state index is 12.5. The maximum atomic E-state index is 12.5. The van der Waals surface area contributed by atoms with E-state index in [1.807, 2.05) is 28.0 Å². The lowest BCUT2D eigenvalue weighted by Gasteiger charge is -2.16. The Morgan fingerprint density at radius 2 is 2.29 bits per heavy atom. The second-order valence-corrected chi connectivity index (χ2v) is 6.83. The number of rotatable bonds is 6. The first-order chi connectivity index (χ1) is 11.6. The summed E-state index contributed by atoms with van der Waals surface area (Å²) in [5, 5.41) is 14.1. The Hall–Kier alpha value is -2.08. The molecule has 1 saturated heterocycles. The van der Waals surface area contributed by atoms with Crippen molar-refractivity contribution in [2.75, 3.05) is 19.7 Å². The third-order valence-electron chi connectivity index (χ3n) is 4.81. The van der Waals surface area contributed by atoms with E-state index in [4.69, 9.17) is 4.42 Å². The molecule has 24 heavy (non-hydrogen) atoms. The number of aliphatic hydroxyl groups excluding tert-OH is 1. The first-order valence-corrected chi connectivity index (χ1v) is 8.52. The molecule has 0 radical (unpaired) electrons. The molecule has 0 bridgehead atoms. The normalized spacial score (nSPS) is 20.9. The van der Waals surface area contributed by atoms with Gasteiger partial charge in [-0.2, -0.15) is 5.10 Å². The summed E-state index contributed by atoms with van der Waals surface area (Å²) in [6.45, 7) is 5.52. The van der Waals surface area contributed by atoms with Crippen molar-refractivity contribution in [3.8, 4) is 0 Å². The molecule has 0 spiro atoms. The summed E-state index contributed by atoms with van der Waals surface area (Å²) < 4.78 is 6.96. The van der Waals surface area contributed by atoms with Crippen LogP contribution < -0.4 is 0 Å². The zero-order valence-corrected chi connectivity index (χ0v) is 14.3. The van der Waals surface area contributed by atoms with Gasteiger partial charge in [0.25, 0.3) is 0 Å². The fourth-order valence-electron chi connectivity index (χ4n) is 3.31. The van der Waals surface area contributed by atoms with E-state index in [9.17, 15) is 9.90 Å². The van der Waals surface area contributed by atoms with Gasteiger partial charge in [-0.15, -0.1) is 0 Å². The van der Waals surface area contributed by atoms with Crippen molar-refractivity contribution in [2.45, 2.75) is 38.6 Å². The van der Waals surface area contributed by atoms with Crippen LogP contribution in [-0.4, -0.2) is 45.4 Å². The van der Waals surface area contributed by atoms with Crippen LogP contribution in [0.1, 0.15) is 43.4 Å². The first kappa shape index (κ1) is 16.8. The van der Waals surface area contributed by atoms with Crippen LogP contribution in [0, 0.1) is 5.92 Å². The number of amides is 1. The number of carbonyl (C=O) groups excluding carboxylic acids is 1. The highest BCUT2D eigenvalue weighted by Crippen LogP contribution is 2.33. The van der Waals surface area contributed by atoms with Gasteiger partial charge in [-0.1, -0.05) is 0 Å². The first-order valence-electron chi connectivity index (χ1n) is 8.52. The number of aromatic nitrogens is 2. The molecule has 1 aliphatic heterocycles. The van der Waals surface area contributed by atoms with Crippen LogP contribution in [0.15, 0.2) is 35.4 Å². The molecule has 1 amide bonds. The van der Waals surface area contributed by atoms with Gasteiger partial charge in [0, 0.05) is 50.2 Å². The Bertz CT molecular complexity index is 663. The van der Waals surface area contributed by atoms with Crippen LogP contribution >= 0.6 is 0 Å². The molecule has 2 aromatic heterocycles. The van der Waals surface area contributed by atoms with Crippen molar-refractivity contribution < 1.29 is 14.3 Å². The number of hydrogen-bond donors (Lipinski definition) is 1. The number of hydrogen-bond acceptors (Lipinski definition) is 4. The van der Waals surface area contributed by atoms with Crippen LogP contribution in [0.4, 0.5) is 0 Å². The molecule has 0 aliphatic carbocycles. The summed E-state index contributed by atoms with van der Waals surface area (Å²) in [5.74, 6) is 0.362. The Morgan fingerprint density at radius 3 is 2.92 bits per heavy atom. The summed E-state index contributed by atoms with van der Waals surface area (Å²) in [6.07, 6.45) is 8.36. The molecule has 2 atom stereocenters. The Balaban J connectivity index is 1.63. The van der Waals surface area contributed by atoms with E-state index in [-0.39, 0.29) is 24.3 Å². The SMILES string of the molecule is CC(C)n1cc([C@@H]2CN(C(=O)CCc3ccoc3)C[C@H]2CO)cn1. The Kier molecular flexibility index (Phi) is 5.04. The van der Waals surface area contributed by atoms with Gasteiger partial charge in [0.1, 0.15) is 0 Å². The van der Waals surface area contributed by atoms with Crippen LogP contribution in [0.3, 0.4) is 0 Å². The fraction of sp³-hybridized carbons (Fsp3) is 0.556. The van der Waals surface area contributed by atoms with E-state index in [1.165, 1.54) is 0 Å². The largest absolute Gasteiger partial charge is 0.472 e. The molecule has 2 aromatic rings. The Labute approximate surface area is 142 Å². The third-order valence-corrected chi connectivity index (χ3v) is 4.81. The van der Waals surface area contributed by atoms with Crippen LogP contribution in [-0.2, 0) is 11.2 Å². The molecule has 1 fully saturated rings. The van der Waals surface area contributed by atoms with E-state index >= 15 is 0 Å². The van der Waals surface area contributed by atoms with Crippen LogP contribution in [0.5, 0.6) is 0 Å². The van der Waals surface area contributed by atoms with Gasteiger partial charge in [0.2, 0.25) is 5.91 Å². The number of aliphatic hydroxyl groups is 1. The van der Waals surface area contributed by atoms with E-state index in [0.29, 0.717) is 32.0 Å². The summed E-state index contributed by atoms with van der Waals surface area (Å²) in [7, 11) is 0. The number of likely N-dealkylation sites (tertiary alicyclic amines) is 1. The summed E-state index contributed by atoms with van der Waals surface area (Å²) in [4.78, 5) is 14.4. The standard InChI is InChI=1S/C18H25N3O3/c1-13(2)21-9-15(7-19-21)17-10-20(8-16(17)11-22)18(23)4-3-14-5-6-24-12-14/h5-7,9,12-13,16-17,22H,3-4,8,10-11H2,1-2H3/t16-,17-/m0/s1. The van der Waals surface area contributed by atoms with Gasteiger partial charge in [-0.05, 0) is 37.5 Å². The average molecular weight is 331 g/mol. The second-order valence-electron chi connectivity index (χ2n) is 6.83. The zero-order valence-electron chi connectivity index (χ0n) is 14.3. The molecule has 0 unspecified atom stereocenters. The van der Waals surface area contributed by atoms with Crippen molar-refractivity contribution in [1.29, 1.82) is 0 Å². The van der Waals surface area contributed by atoms with E-state index in [0.717, 1.165) is 11.1 Å². The van der Waals surface area contributed by atoms with E-state index < -0.39 is 0 Å². The monoisotopic (exact) mass is 331 g/mol. The molecule has 130 valence electrons. The highest BCUT2D eigenvalue weighted by molar-refractivity contribution is 5.77. The van der Waals surface area contributed by atoms with Crippen molar-refractivity contribution in [3.63, 3.8) is 0 Å². The second kappa shape index (κ2) is 7.21. The lowest BCUT2D eigenvalue weighted by molar-refractivity contribution is -0.130. The maximum Gasteiger partial charge on any atom is 0.222 e. The molecule has 3 rings (SSSR count). The highest BCUT2D eigenvalue weighted by atomic mass is 16.3. The predicted molar refractivity (Wildman–Crippen MR) is 89.5 cm³/mol.